The van der Waals surface area contributed by atoms with Crippen molar-refractivity contribution in [1.29, 1.82) is 0 Å². The van der Waals surface area contributed by atoms with Gasteiger partial charge in [0.25, 0.3) is 5.91 Å². The van der Waals surface area contributed by atoms with E-state index < -0.39 is 17.0 Å². The number of aromatic nitrogens is 2. The maximum atomic E-state index is 13.7. The molecule has 1 aromatic carbocycles. The second-order valence-corrected chi connectivity index (χ2v) is 8.19. The van der Waals surface area contributed by atoms with Crippen molar-refractivity contribution in [3.8, 4) is 0 Å². The summed E-state index contributed by atoms with van der Waals surface area (Å²) in [6, 6.07) is 4.74. The minimum Gasteiger partial charge on any atom is -0.336 e. The highest BCUT2D eigenvalue weighted by molar-refractivity contribution is 5.91. The summed E-state index contributed by atoms with van der Waals surface area (Å²) in [5, 5.41) is 3.68. The molecular formula is C21H21F2N5O2. The maximum Gasteiger partial charge on any atom is 0.291 e. The van der Waals surface area contributed by atoms with Gasteiger partial charge in [-0.25, -0.2) is 23.8 Å². The van der Waals surface area contributed by atoms with Crippen molar-refractivity contribution in [3.63, 3.8) is 0 Å². The van der Waals surface area contributed by atoms with Gasteiger partial charge in [0, 0.05) is 44.6 Å². The van der Waals surface area contributed by atoms with Gasteiger partial charge in [0.05, 0.1) is 11.5 Å². The molecule has 3 aliphatic rings. The number of nitrogens with zero attached hydrogens (tertiary/aromatic N) is 5. The molecule has 7 nitrogen and oxygen atoms in total. The van der Waals surface area contributed by atoms with Crippen LogP contribution in [0.2, 0.25) is 0 Å². The van der Waals surface area contributed by atoms with E-state index in [4.69, 9.17) is 0 Å². The van der Waals surface area contributed by atoms with Crippen LogP contribution in [-0.2, 0) is 4.79 Å². The first-order valence-corrected chi connectivity index (χ1v) is 10.1. The maximum absolute atomic E-state index is 13.7. The van der Waals surface area contributed by atoms with Gasteiger partial charge in [-0.2, -0.15) is 0 Å². The van der Waals surface area contributed by atoms with Crippen molar-refractivity contribution < 1.29 is 18.4 Å². The molecule has 2 aromatic rings. The Hall–Kier alpha value is -2.94. The van der Waals surface area contributed by atoms with E-state index in [1.807, 2.05) is 5.01 Å². The largest absolute Gasteiger partial charge is 0.336 e. The van der Waals surface area contributed by atoms with Gasteiger partial charge >= 0.3 is 0 Å². The topological polar surface area (TPSA) is 69.6 Å². The van der Waals surface area contributed by atoms with Crippen LogP contribution in [0, 0.1) is 17.0 Å². The smallest absolute Gasteiger partial charge is 0.291 e. The average Bonchev–Trinajstić information content (AvgIpc) is 3.26. The zero-order valence-electron chi connectivity index (χ0n) is 16.3. The third-order valence-electron chi connectivity index (χ3n) is 6.44. The number of hydrogen-bond donors (Lipinski definition) is 0. The predicted molar refractivity (Wildman–Crippen MR) is 102 cm³/mol. The van der Waals surface area contributed by atoms with Crippen LogP contribution < -0.4 is 0 Å². The molecule has 3 fully saturated rings. The van der Waals surface area contributed by atoms with Crippen molar-refractivity contribution in [2.75, 3.05) is 26.2 Å². The van der Waals surface area contributed by atoms with Crippen molar-refractivity contribution in [1.82, 2.24) is 24.9 Å². The molecule has 2 amide bonds. The van der Waals surface area contributed by atoms with Gasteiger partial charge in [0.1, 0.15) is 11.6 Å². The number of carbonyl (C=O) groups excluding carboxylic acids is 2. The number of rotatable bonds is 2. The van der Waals surface area contributed by atoms with E-state index in [0.29, 0.717) is 51.0 Å². The Labute approximate surface area is 172 Å². The van der Waals surface area contributed by atoms with Gasteiger partial charge in [-0.15, -0.1) is 0 Å². The van der Waals surface area contributed by atoms with Gasteiger partial charge in [-0.05, 0) is 43.0 Å². The number of fused-ring (bicyclic) bond motifs is 1. The van der Waals surface area contributed by atoms with Crippen LogP contribution in [-0.4, -0.2) is 62.9 Å². The van der Waals surface area contributed by atoms with E-state index in [1.54, 1.807) is 16.0 Å². The quantitative estimate of drug-likeness (QED) is 0.755. The molecule has 3 aliphatic heterocycles. The van der Waals surface area contributed by atoms with Crippen molar-refractivity contribution >= 4 is 11.8 Å². The SMILES string of the molecule is O=C(c1ncccn1)N1CCC2(CC1)CN1CC[C@@H](c3cc(F)cc(F)c3)N1C2=O. The molecule has 4 heterocycles. The Morgan fingerprint density at radius 1 is 1.03 bits per heavy atom. The third-order valence-corrected chi connectivity index (χ3v) is 6.44. The predicted octanol–water partition coefficient (Wildman–Crippen LogP) is 2.18. The molecule has 0 N–H and O–H groups in total. The van der Waals surface area contributed by atoms with Gasteiger partial charge in [0.15, 0.2) is 0 Å². The molecule has 1 atom stereocenters. The van der Waals surface area contributed by atoms with E-state index in [-0.39, 0.29) is 23.7 Å². The monoisotopic (exact) mass is 413 g/mol. The van der Waals surface area contributed by atoms with Crippen LogP contribution in [0.25, 0.3) is 0 Å². The summed E-state index contributed by atoms with van der Waals surface area (Å²) >= 11 is 0. The van der Waals surface area contributed by atoms with Gasteiger partial charge in [-0.3, -0.25) is 14.6 Å². The summed E-state index contributed by atoms with van der Waals surface area (Å²) in [6.07, 6.45) is 4.79. The lowest BCUT2D eigenvalue weighted by molar-refractivity contribution is -0.144. The fourth-order valence-electron chi connectivity index (χ4n) is 4.92. The third kappa shape index (κ3) is 3.04. The molecular weight excluding hydrogens is 392 g/mol. The normalized spacial score (nSPS) is 23.3. The molecule has 3 saturated heterocycles. The van der Waals surface area contributed by atoms with Crippen molar-refractivity contribution in [3.05, 3.63) is 59.7 Å². The molecule has 0 bridgehead atoms. The second kappa shape index (κ2) is 7.09. The number of halogens is 2. The lowest BCUT2D eigenvalue weighted by Gasteiger charge is -2.37. The summed E-state index contributed by atoms with van der Waals surface area (Å²) in [5.74, 6) is -1.37. The number of hydrazine groups is 1. The number of carbonyl (C=O) groups is 2. The number of benzene rings is 1. The van der Waals surface area contributed by atoms with Crippen molar-refractivity contribution in [2.24, 2.45) is 5.41 Å². The van der Waals surface area contributed by atoms with Crippen LogP contribution in [0.1, 0.15) is 41.5 Å². The first-order valence-electron chi connectivity index (χ1n) is 10.1. The van der Waals surface area contributed by atoms with Crippen molar-refractivity contribution in [2.45, 2.75) is 25.3 Å². The summed E-state index contributed by atoms with van der Waals surface area (Å²) in [7, 11) is 0. The average molecular weight is 413 g/mol. The lowest BCUT2D eigenvalue weighted by atomic mass is 9.77. The van der Waals surface area contributed by atoms with Crippen LogP contribution in [0.4, 0.5) is 8.78 Å². The number of likely N-dealkylation sites (tertiary alicyclic amines) is 1. The Bertz CT molecular complexity index is 974. The second-order valence-electron chi connectivity index (χ2n) is 8.19. The fraction of sp³-hybridized carbons (Fsp3) is 0.429. The first-order chi connectivity index (χ1) is 14.5. The molecule has 9 heteroatoms. The number of amides is 2. The zero-order valence-corrected chi connectivity index (χ0v) is 16.3. The first kappa shape index (κ1) is 19.0. The minimum absolute atomic E-state index is 0.0160. The molecule has 0 unspecified atom stereocenters. The molecule has 156 valence electrons. The fourth-order valence-corrected chi connectivity index (χ4v) is 4.92. The molecule has 0 aliphatic carbocycles. The van der Waals surface area contributed by atoms with E-state index in [0.717, 1.165) is 6.07 Å². The van der Waals surface area contributed by atoms with Crippen LogP contribution in [0.5, 0.6) is 0 Å². The van der Waals surface area contributed by atoms with E-state index in [1.165, 1.54) is 24.5 Å². The highest BCUT2D eigenvalue weighted by atomic mass is 19.1. The summed E-state index contributed by atoms with van der Waals surface area (Å²) in [6.45, 7) is 2.13. The summed E-state index contributed by atoms with van der Waals surface area (Å²) in [5.41, 5.74) is -0.0898. The molecule has 0 radical (unpaired) electrons. The zero-order chi connectivity index (χ0) is 20.9. The van der Waals surface area contributed by atoms with E-state index in [2.05, 4.69) is 9.97 Å². The Morgan fingerprint density at radius 3 is 2.37 bits per heavy atom. The van der Waals surface area contributed by atoms with Crippen LogP contribution in [0.3, 0.4) is 0 Å². The standard InChI is InChI=1S/C21H21F2N5O2/c22-15-10-14(11-16(23)12-15)17-2-7-27-13-21(20(30)28(17)27)3-8-26(9-4-21)19(29)18-24-5-1-6-25-18/h1,5-6,10-12,17H,2-4,7-9,13H2/t17-/m0/s1. The molecule has 0 saturated carbocycles. The van der Waals surface area contributed by atoms with Gasteiger partial charge < -0.3 is 4.90 Å². The molecule has 1 spiro atoms. The van der Waals surface area contributed by atoms with Gasteiger partial charge in [-0.1, -0.05) is 0 Å². The van der Waals surface area contributed by atoms with Crippen LogP contribution in [0.15, 0.2) is 36.7 Å². The number of piperidine rings is 1. The number of hydrogen-bond acceptors (Lipinski definition) is 5. The minimum atomic E-state index is -0.639. The molecule has 30 heavy (non-hydrogen) atoms. The Kier molecular flexibility index (Phi) is 4.50. The molecule has 5 rings (SSSR count). The summed E-state index contributed by atoms with van der Waals surface area (Å²) < 4.78 is 27.4. The van der Waals surface area contributed by atoms with E-state index >= 15 is 0 Å². The van der Waals surface area contributed by atoms with E-state index in [9.17, 15) is 18.4 Å². The Morgan fingerprint density at radius 2 is 1.70 bits per heavy atom. The molecule has 1 aromatic heterocycles. The van der Waals surface area contributed by atoms with Gasteiger partial charge in [0.2, 0.25) is 11.7 Å². The highest BCUT2D eigenvalue weighted by Gasteiger charge is 2.56. The van der Waals surface area contributed by atoms with Crippen LogP contribution >= 0.6 is 0 Å². The highest BCUT2D eigenvalue weighted by Crippen LogP contribution is 2.47. The Balaban J connectivity index is 1.32. The lowest BCUT2D eigenvalue weighted by Crippen LogP contribution is -2.48. The summed E-state index contributed by atoms with van der Waals surface area (Å²) in [4.78, 5) is 35.8.